The number of hydrogen-bond acceptors (Lipinski definition) is 4. The number of hydrogen-bond donors (Lipinski definition) is 1. The van der Waals surface area contributed by atoms with Gasteiger partial charge >= 0.3 is 0 Å². The predicted molar refractivity (Wildman–Crippen MR) is 76.3 cm³/mol. The van der Waals surface area contributed by atoms with Gasteiger partial charge in [-0.05, 0) is 18.2 Å². The maximum absolute atomic E-state index is 13.7. The molecule has 2 aromatic rings. The number of rotatable bonds is 2. The summed E-state index contributed by atoms with van der Waals surface area (Å²) in [7, 11) is 1.37. The molecule has 6 nitrogen and oxygen atoms in total. The van der Waals surface area contributed by atoms with E-state index in [0.717, 1.165) is 17.3 Å². The van der Waals surface area contributed by atoms with Crippen LogP contribution in [0.1, 0.15) is 21.6 Å². The zero-order chi connectivity index (χ0) is 15.7. The Balaban J connectivity index is 1.84. The van der Waals surface area contributed by atoms with Gasteiger partial charge in [0, 0.05) is 36.7 Å². The molecule has 3 rings (SSSR count). The number of benzene rings is 1. The van der Waals surface area contributed by atoms with Gasteiger partial charge in [0.25, 0.3) is 11.5 Å². The van der Waals surface area contributed by atoms with E-state index in [9.17, 15) is 14.0 Å². The molecule has 22 heavy (non-hydrogen) atoms. The molecule has 7 heteroatoms. The molecule has 1 aliphatic heterocycles. The van der Waals surface area contributed by atoms with Crippen molar-refractivity contribution < 1.29 is 13.9 Å². The number of ether oxygens (including phenoxy) is 1. The van der Waals surface area contributed by atoms with E-state index in [4.69, 9.17) is 4.74 Å². The summed E-state index contributed by atoms with van der Waals surface area (Å²) >= 11 is 0. The summed E-state index contributed by atoms with van der Waals surface area (Å²) in [6.07, 6.45) is 0.552. The summed E-state index contributed by atoms with van der Waals surface area (Å²) in [5, 5.41) is 6.35. The molecule has 0 saturated heterocycles. The van der Waals surface area contributed by atoms with Gasteiger partial charge in [-0.15, -0.1) is 0 Å². The maximum atomic E-state index is 13.7. The van der Waals surface area contributed by atoms with Crippen LogP contribution in [0, 0.1) is 5.82 Å². The first-order chi connectivity index (χ1) is 10.6. The van der Waals surface area contributed by atoms with E-state index in [2.05, 4.69) is 10.2 Å². The first-order valence-electron chi connectivity index (χ1n) is 6.79. The highest BCUT2D eigenvalue weighted by atomic mass is 19.1. The van der Waals surface area contributed by atoms with Crippen LogP contribution in [0.2, 0.25) is 0 Å². The van der Waals surface area contributed by atoms with E-state index >= 15 is 0 Å². The Bertz CT molecular complexity index is 788. The van der Waals surface area contributed by atoms with Gasteiger partial charge in [-0.3, -0.25) is 9.59 Å². The average Bonchev–Trinajstić information content (AvgIpc) is 2.53. The first-order valence-corrected chi connectivity index (χ1v) is 6.79. The SMILES string of the molecule is COc1ccc(C(=O)N2CCc3n[nH]c(=O)cc3C2)cc1F. The Labute approximate surface area is 125 Å². The lowest BCUT2D eigenvalue weighted by atomic mass is 10.1. The van der Waals surface area contributed by atoms with Crippen molar-refractivity contribution >= 4 is 5.91 Å². The number of fused-ring (bicyclic) bond motifs is 1. The van der Waals surface area contributed by atoms with Crippen molar-refractivity contribution in [2.24, 2.45) is 0 Å². The highest BCUT2D eigenvalue weighted by Crippen LogP contribution is 2.21. The van der Waals surface area contributed by atoms with Crippen LogP contribution in [0.3, 0.4) is 0 Å². The number of aromatic nitrogens is 2. The van der Waals surface area contributed by atoms with Crippen LogP contribution in [0.4, 0.5) is 4.39 Å². The lowest BCUT2D eigenvalue weighted by molar-refractivity contribution is 0.0732. The minimum Gasteiger partial charge on any atom is -0.494 e. The van der Waals surface area contributed by atoms with E-state index in [1.807, 2.05) is 0 Å². The van der Waals surface area contributed by atoms with Crippen LogP contribution >= 0.6 is 0 Å². The van der Waals surface area contributed by atoms with Crippen LogP contribution in [0.15, 0.2) is 29.1 Å². The molecule has 1 aromatic heterocycles. The third-order valence-electron chi connectivity index (χ3n) is 3.64. The molecule has 0 radical (unpaired) electrons. The number of carbonyl (C=O) groups is 1. The normalized spacial score (nSPS) is 13.6. The summed E-state index contributed by atoms with van der Waals surface area (Å²) in [5.74, 6) is -0.771. The number of methoxy groups -OCH3 is 1. The summed E-state index contributed by atoms with van der Waals surface area (Å²) in [5.41, 5.74) is 1.45. The molecule has 0 bridgehead atoms. The quantitative estimate of drug-likeness (QED) is 0.902. The Morgan fingerprint density at radius 1 is 1.41 bits per heavy atom. The summed E-state index contributed by atoms with van der Waals surface area (Å²) in [4.78, 5) is 25.4. The molecular formula is C15H14FN3O3. The molecule has 114 valence electrons. The second-order valence-electron chi connectivity index (χ2n) is 5.03. The molecule has 0 aliphatic carbocycles. The number of aromatic amines is 1. The van der Waals surface area contributed by atoms with E-state index in [0.29, 0.717) is 19.5 Å². The first kappa shape index (κ1) is 14.2. The minimum absolute atomic E-state index is 0.0938. The smallest absolute Gasteiger partial charge is 0.264 e. The van der Waals surface area contributed by atoms with Gasteiger partial charge in [-0.25, -0.2) is 9.49 Å². The van der Waals surface area contributed by atoms with Crippen molar-refractivity contribution in [3.05, 3.63) is 57.3 Å². The average molecular weight is 303 g/mol. The molecule has 1 aliphatic rings. The number of H-pyrrole nitrogens is 1. The van der Waals surface area contributed by atoms with Gasteiger partial charge in [0.15, 0.2) is 11.6 Å². The number of nitrogens with zero attached hydrogens (tertiary/aromatic N) is 2. The third kappa shape index (κ3) is 2.57. The topological polar surface area (TPSA) is 75.3 Å². The molecule has 0 spiro atoms. The Morgan fingerprint density at radius 2 is 2.23 bits per heavy atom. The van der Waals surface area contributed by atoms with Crippen molar-refractivity contribution in [2.75, 3.05) is 13.7 Å². The second-order valence-corrected chi connectivity index (χ2v) is 5.03. The standard InChI is InChI=1S/C15H14FN3O3/c1-22-13-3-2-9(6-11(13)16)15(21)19-5-4-12-10(8-19)7-14(20)18-17-12/h2-3,6-7H,4-5,8H2,1H3,(H,18,20). The fraction of sp³-hybridized carbons (Fsp3) is 0.267. The van der Waals surface area contributed by atoms with Gasteiger partial charge < -0.3 is 9.64 Å². The fourth-order valence-electron chi connectivity index (χ4n) is 2.50. The van der Waals surface area contributed by atoms with Gasteiger partial charge in [0.2, 0.25) is 0 Å². The van der Waals surface area contributed by atoms with Crippen LogP contribution in [0.25, 0.3) is 0 Å². The molecule has 0 unspecified atom stereocenters. The zero-order valence-electron chi connectivity index (χ0n) is 11.9. The molecule has 0 atom stereocenters. The van der Waals surface area contributed by atoms with E-state index < -0.39 is 5.82 Å². The largest absolute Gasteiger partial charge is 0.494 e. The van der Waals surface area contributed by atoms with Crippen LogP contribution in [-0.2, 0) is 13.0 Å². The van der Waals surface area contributed by atoms with E-state index in [-0.39, 0.29) is 22.8 Å². The van der Waals surface area contributed by atoms with E-state index in [1.165, 1.54) is 25.3 Å². The predicted octanol–water partition coefficient (Wildman–Crippen LogP) is 1.12. The van der Waals surface area contributed by atoms with Crippen LogP contribution < -0.4 is 10.3 Å². The maximum Gasteiger partial charge on any atom is 0.264 e. The van der Waals surface area contributed by atoms with Crippen molar-refractivity contribution in [1.82, 2.24) is 15.1 Å². The van der Waals surface area contributed by atoms with Crippen molar-refractivity contribution in [3.63, 3.8) is 0 Å². The molecular weight excluding hydrogens is 289 g/mol. The number of nitrogens with one attached hydrogen (secondary N) is 1. The lowest BCUT2D eigenvalue weighted by Gasteiger charge is -2.27. The van der Waals surface area contributed by atoms with Gasteiger partial charge in [-0.2, -0.15) is 5.10 Å². The number of halogens is 1. The Kier molecular flexibility index (Phi) is 3.62. The summed E-state index contributed by atoms with van der Waals surface area (Å²) in [6.45, 7) is 0.761. The van der Waals surface area contributed by atoms with Gasteiger partial charge in [0.05, 0.1) is 12.8 Å². The summed E-state index contributed by atoms with van der Waals surface area (Å²) < 4.78 is 18.6. The zero-order valence-corrected chi connectivity index (χ0v) is 11.9. The number of amides is 1. The molecule has 1 amide bonds. The monoisotopic (exact) mass is 303 g/mol. The molecule has 1 N–H and O–H groups in total. The number of carbonyl (C=O) groups excluding carboxylic acids is 1. The van der Waals surface area contributed by atoms with Crippen LogP contribution in [-0.4, -0.2) is 34.7 Å². The van der Waals surface area contributed by atoms with Crippen molar-refractivity contribution in [3.8, 4) is 5.75 Å². The van der Waals surface area contributed by atoms with Crippen LogP contribution in [0.5, 0.6) is 5.75 Å². The molecule has 2 heterocycles. The van der Waals surface area contributed by atoms with E-state index in [1.54, 1.807) is 4.90 Å². The molecule has 1 aromatic carbocycles. The Hall–Kier alpha value is -2.70. The minimum atomic E-state index is -0.580. The highest BCUT2D eigenvalue weighted by Gasteiger charge is 2.23. The molecule has 0 fully saturated rings. The second kappa shape index (κ2) is 5.59. The summed E-state index contributed by atoms with van der Waals surface area (Å²) in [6, 6.07) is 5.55. The van der Waals surface area contributed by atoms with Crippen molar-refractivity contribution in [2.45, 2.75) is 13.0 Å². The van der Waals surface area contributed by atoms with Gasteiger partial charge in [-0.1, -0.05) is 0 Å². The molecule has 0 saturated carbocycles. The highest BCUT2D eigenvalue weighted by molar-refractivity contribution is 5.94. The lowest BCUT2D eigenvalue weighted by Crippen LogP contribution is -2.37. The van der Waals surface area contributed by atoms with Crippen molar-refractivity contribution in [1.29, 1.82) is 0 Å². The van der Waals surface area contributed by atoms with Gasteiger partial charge in [0.1, 0.15) is 0 Å². The Morgan fingerprint density at radius 3 is 2.95 bits per heavy atom. The third-order valence-corrected chi connectivity index (χ3v) is 3.64. The fourth-order valence-corrected chi connectivity index (χ4v) is 2.50.